The molecule has 0 spiro atoms. The Morgan fingerprint density at radius 2 is 2.00 bits per heavy atom. The number of aliphatic hydroxyl groups excluding tert-OH is 1. The molecule has 27 heavy (non-hydrogen) atoms. The number of carbonyl (C=O) groups is 1. The first-order chi connectivity index (χ1) is 13.0. The Labute approximate surface area is 166 Å². The number of primary amides is 1. The van der Waals surface area contributed by atoms with Crippen molar-refractivity contribution in [3.05, 3.63) is 64.1 Å². The Morgan fingerprint density at radius 3 is 2.67 bits per heavy atom. The Hall–Kier alpha value is -2.38. The zero-order chi connectivity index (χ0) is 19.3. The van der Waals surface area contributed by atoms with E-state index in [9.17, 15) is 4.79 Å². The second-order valence-corrected chi connectivity index (χ2v) is 7.17. The molecule has 1 aliphatic heterocycles. The van der Waals surface area contributed by atoms with Crippen LogP contribution in [0.1, 0.15) is 17.5 Å². The highest BCUT2D eigenvalue weighted by atomic mass is 79.9. The van der Waals surface area contributed by atoms with Crippen LogP contribution in [0.2, 0.25) is 0 Å². The van der Waals surface area contributed by atoms with Gasteiger partial charge < -0.3 is 20.3 Å². The van der Waals surface area contributed by atoms with Crippen LogP contribution in [0, 0.1) is 0 Å². The van der Waals surface area contributed by atoms with Gasteiger partial charge in [-0.15, -0.1) is 0 Å². The first-order valence-electron chi connectivity index (χ1n) is 8.64. The van der Waals surface area contributed by atoms with Gasteiger partial charge in [0.2, 0.25) is 11.8 Å². The second kappa shape index (κ2) is 8.54. The lowest BCUT2D eigenvalue weighted by molar-refractivity contribution is -0.123. The van der Waals surface area contributed by atoms with Crippen LogP contribution >= 0.6 is 15.9 Å². The van der Waals surface area contributed by atoms with Crippen LogP contribution in [-0.2, 0) is 16.0 Å². The number of benzene rings is 2. The Bertz CT molecular complexity index is 838. The number of ether oxygens (including phenoxy) is 2. The van der Waals surface area contributed by atoms with E-state index in [-0.39, 0.29) is 13.2 Å². The molecule has 7 heteroatoms. The molecule has 0 saturated carbocycles. The van der Waals surface area contributed by atoms with Crippen molar-refractivity contribution in [1.82, 2.24) is 0 Å². The SMILES string of the molecule is NC(=O)[C@@]1(Cc2ccccc2Br)COC(c2ccc(OCCCO)cc2)=N1. The number of aliphatic imine (C=N–C) groups is 1. The van der Waals surface area contributed by atoms with Crippen LogP contribution in [0.3, 0.4) is 0 Å². The molecular formula is C20H21BrN2O4. The zero-order valence-electron chi connectivity index (χ0n) is 14.7. The molecule has 3 N–H and O–H groups in total. The molecule has 0 radical (unpaired) electrons. The molecule has 1 aliphatic rings. The minimum atomic E-state index is -1.13. The molecule has 0 fully saturated rings. The van der Waals surface area contributed by atoms with Crippen LogP contribution in [0.5, 0.6) is 5.75 Å². The third-order valence-corrected chi connectivity index (χ3v) is 5.11. The van der Waals surface area contributed by atoms with E-state index >= 15 is 0 Å². The number of halogens is 1. The van der Waals surface area contributed by atoms with Gasteiger partial charge in [-0.1, -0.05) is 34.1 Å². The van der Waals surface area contributed by atoms with Crippen molar-refractivity contribution in [1.29, 1.82) is 0 Å². The van der Waals surface area contributed by atoms with Gasteiger partial charge in [-0.3, -0.25) is 4.79 Å². The zero-order valence-corrected chi connectivity index (χ0v) is 16.3. The topological polar surface area (TPSA) is 94.1 Å². The number of hydrogen-bond acceptors (Lipinski definition) is 5. The van der Waals surface area contributed by atoms with Gasteiger partial charge in [0.15, 0.2) is 5.54 Å². The van der Waals surface area contributed by atoms with Gasteiger partial charge in [0, 0.05) is 29.5 Å². The average Bonchev–Trinajstić information content (AvgIpc) is 3.10. The van der Waals surface area contributed by atoms with Crippen LogP contribution in [0.4, 0.5) is 0 Å². The number of hydrogen-bond donors (Lipinski definition) is 2. The monoisotopic (exact) mass is 432 g/mol. The molecule has 142 valence electrons. The van der Waals surface area contributed by atoms with Crippen molar-refractivity contribution in [3.63, 3.8) is 0 Å². The van der Waals surface area contributed by atoms with Crippen molar-refractivity contribution in [2.45, 2.75) is 18.4 Å². The van der Waals surface area contributed by atoms with Crippen LogP contribution in [-0.4, -0.2) is 42.3 Å². The third-order valence-electron chi connectivity index (χ3n) is 4.34. The van der Waals surface area contributed by atoms with Crippen molar-refractivity contribution >= 4 is 27.7 Å². The normalized spacial score (nSPS) is 18.7. The Kier molecular flexibility index (Phi) is 6.13. The quantitative estimate of drug-likeness (QED) is 0.626. The summed E-state index contributed by atoms with van der Waals surface area (Å²) >= 11 is 3.50. The highest BCUT2D eigenvalue weighted by Crippen LogP contribution is 2.29. The van der Waals surface area contributed by atoms with Gasteiger partial charge in [0.05, 0.1) is 6.61 Å². The lowest BCUT2D eigenvalue weighted by Crippen LogP contribution is -2.45. The first kappa shape index (κ1) is 19.4. The minimum absolute atomic E-state index is 0.0927. The summed E-state index contributed by atoms with van der Waals surface area (Å²) in [4.78, 5) is 16.8. The minimum Gasteiger partial charge on any atom is -0.494 e. The van der Waals surface area contributed by atoms with E-state index in [2.05, 4.69) is 20.9 Å². The number of aliphatic hydroxyl groups is 1. The van der Waals surface area contributed by atoms with Gasteiger partial charge in [0.25, 0.3) is 0 Å². The Morgan fingerprint density at radius 1 is 1.26 bits per heavy atom. The number of amides is 1. The Balaban J connectivity index is 1.80. The molecule has 0 saturated heterocycles. The second-order valence-electron chi connectivity index (χ2n) is 6.32. The molecule has 6 nitrogen and oxygen atoms in total. The fraction of sp³-hybridized carbons (Fsp3) is 0.300. The molecule has 3 rings (SSSR count). The number of nitrogens with zero attached hydrogens (tertiary/aromatic N) is 1. The van der Waals surface area contributed by atoms with E-state index in [1.165, 1.54) is 0 Å². The molecule has 1 amide bonds. The highest BCUT2D eigenvalue weighted by molar-refractivity contribution is 9.10. The summed E-state index contributed by atoms with van der Waals surface area (Å²) in [6.07, 6.45) is 0.934. The molecule has 1 atom stereocenters. The number of rotatable bonds is 8. The first-order valence-corrected chi connectivity index (χ1v) is 9.43. The maximum atomic E-state index is 12.2. The van der Waals surface area contributed by atoms with E-state index in [0.29, 0.717) is 31.1 Å². The van der Waals surface area contributed by atoms with Gasteiger partial charge in [-0.2, -0.15) is 0 Å². The van der Waals surface area contributed by atoms with Crippen molar-refractivity contribution in [2.75, 3.05) is 19.8 Å². The fourth-order valence-electron chi connectivity index (χ4n) is 2.80. The molecule has 0 aromatic heterocycles. The van der Waals surface area contributed by atoms with Crippen LogP contribution < -0.4 is 10.5 Å². The molecule has 1 heterocycles. The fourth-order valence-corrected chi connectivity index (χ4v) is 3.23. The standard InChI is InChI=1S/C20H21BrN2O4/c21-17-5-2-1-4-15(17)12-20(19(22)25)13-27-18(23-20)14-6-8-16(9-7-14)26-11-3-10-24/h1-2,4-9,24H,3,10-13H2,(H2,22,25)/t20-/m1/s1. The number of carbonyl (C=O) groups excluding carboxylic acids is 1. The maximum Gasteiger partial charge on any atom is 0.249 e. The van der Waals surface area contributed by atoms with Gasteiger partial charge in [-0.25, -0.2) is 4.99 Å². The largest absolute Gasteiger partial charge is 0.494 e. The average molecular weight is 433 g/mol. The van der Waals surface area contributed by atoms with Crippen LogP contribution in [0.25, 0.3) is 0 Å². The predicted molar refractivity (Wildman–Crippen MR) is 106 cm³/mol. The van der Waals surface area contributed by atoms with E-state index in [1.54, 1.807) is 12.1 Å². The molecule has 2 aromatic rings. The van der Waals surface area contributed by atoms with Crippen molar-refractivity contribution in [3.8, 4) is 5.75 Å². The summed E-state index contributed by atoms with van der Waals surface area (Å²) in [6.45, 7) is 0.646. The predicted octanol–water partition coefficient (Wildman–Crippen LogP) is 2.45. The lowest BCUT2D eigenvalue weighted by Gasteiger charge is -2.20. The highest BCUT2D eigenvalue weighted by Gasteiger charge is 2.43. The van der Waals surface area contributed by atoms with Gasteiger partial charge >= 0.3 is 0 Å². The van der Waals surface area contributed by atoms with Gasteiger partial charge in [-0.05, 0) is 35.9 Å². The van der Waals surface area contributed by atoms with Crippen molar-refractivity contribution < 1.29 is 19.4 Å². The maximum absolute atomic E-state index is 12.2. The summed E-state index contributed by atoms with van der Waals surface area (Å²) in [5, 5.41) is 8.80. The van der Waals surface area contributed by atoms with Gasteiger partial charge in [0.1, 0.15) is 12.4 Å². The molecular weight excluding hydrogens is 412 g/mol. The van der Waals surface area contributed by atoms with E-state index < -0.39 is 11.4 Å². The molecule has 0 bridgehead atoms. The van der Waals surface area contributed by atoms with E-state index in [4.69, 9.17) is 20.3 Å². The van der Waals surface area contributed by atoms with E-state index in [1.807, 2.05) is 36.4 Å². The summed E-state index contributed by atoms with van der Waals surface area (Å²) in [7, 11) is 0. The number of nitrogens with two attached hydrogens (primary N) is 1. The summed E-state index contributed by atoms with van der Waals surface area (Å²) in [5.41, 5.74) is 6.24. The third kappa shape index (κ3) is 4.48. The molecule has 2 aromatic carbocycles. The van der Waals surface area contributed by atoms with Crippen LogP contribution in [0.15, 0.2) is 58.0 Å². The molecule has 0 aliphatic carbocycles. The smallest absolute Gasteiger partial charge is 0.249 e. The summed E-state index contributed by atoms with van der Waals surface area (Å²) < 4.78 is 12.1. The van der Waals surface area contributed by atoms with Crippen molar-refractivity contribution in [2.24, 2.45) is 10.7 Å². The lowest BCUT2D eigenvalue weighted by atomic mass is 9.92. The van der Waals surface area contributed by atoms with E-state index in [0.717, 1.165) is 15.6 Å². The summed E-state index contributed by atoms with van der Waals surface area (Å²) in [5.74, 6) is 0.570. The summed E-state index contributed by atoms with van der Waals surface area (Å²) in [6, 6.07) is 14.9. The molecule has 0 unspecified atom stereocenters.